The Balaban J connectivity index is 2.00. The average molecular weight is 256 g/mol. The minimum absolute atomic E-state index is 0.138. The molecule has 2 heteroatoms. The highest BCUT2D eigenvalue weighted by atomic mass is 16.6. The first-order valence-corrected chi connectivity index (χ1v) is 6.63. The lowest BCUT2D eigenvalue weighted by Crippen LogP contribution is -2.23. The minimum atomic E-state index is -0.402. The van der Waals surface area contributed by atoms with Crippen LogP contribution in [0.4, 0.5) is 0 Å². The number of hydrogen-bond acceptors (Lipinski definition) is 2. The summed E-state index contributed by atoms with van der Waals surface area (Å²) in [6.07, 6.45) is 1.15. The van der Waals surface area contributed by atoms with Gasteiger partial charge < -0.3 is 4.74 Å². The Bertz CT molecular complexity index is 579. The quantitative estimate of drug-likeness (QED) is 0.772. The zero-order valence-corrected chi connectivity index (χ0v) is 11.8. The van der Waals surface area contributed by atoms with Gasteiger partial charge in [0.05, 0.1) is 0 Å². The molecule has 0 N–H and O–H groups in total. The predicted molar refractivity (Wildman–Crippen MR) is 78.1 cm³/mol. The van der Waals surface area contributed by atoms with Gasteiger partial charge in [0.25, 0.3) is 0 Å². The van der Waals surface area contributed by atoms with E-state index in [0.29, 0.717) is 6.42 Å². The van der Waals surface area contributed by atoms with Crippen molar-refractivity contribution in [2.45, 2.75) is 39.2 Å². The third-order valence-corrected chi connectivity index (χ3v) is 2.85. The molecular formula is C17H20O2. The van der Waals surface area contributed by atoms with Gasteiger partial charge in [0.15, 0.2) is 0 Å². The summed E-state index contributed by atoms with van der Waals surface area (Å²) in [6.45, 7) is 5.67. The average Bonchev–Trinajstić information content (AvgIpc) is 2.34. The molecule has 100 valence electrons. The van der Waals surface area contributed by atoms with Gasteiger partial charge in [-0.3, -0.25) is 4.79 Å². The molecule has 0 saturated heterocycles. The number of carbonyl (C=O) groups is 1. The van der Waals surface area contributed by atoms with Gasteiger partial charge in [0, 0.05) is 6.42 Å². The van der Waals surface area contributed by atoms with Crippen molar-refractivity contribution in [2.75, 3.05) is 0 Å². The van der Waals surface area contributed by atoms with Crippen molar-refractivity contribution in [2.24, 2.45) is 0 Å². The number of hydrogen-bond donors (Lipinski definition) is 0. The Morgan fingerprint density at radius 1 is 1.05 bits per heavy atom. The Morgan fingerprint density at radius 3 is 2.42 bits per heavy atom. The largest absolute Gasteiger partial charge is 0.460 e. The summed E-state index contributed by atoms with van der Waals surface area (Å²) in [4.78, 5) is 11.7. The maximum atomic E-state index is 11.7. The SMILES string of the molecule is CC(C)(C)OC(=O)CCc1ccc2ccccc2c1. The molecule has 2 nitrogen and oxygen atoms in total. The van der Waals surface area contributed by atoms with E-state index in [0.717, 1.165) is 6.42 Å². The van der Waals surface area contributed by atoms with Crippen molar-refractivity contribution in [1.29, 1.82) is 0 Å². The van der Waals surface area contributed by atoms with E-state index in [1.54, 1.807) is 0 Å². The number of carbonyl (C=O) groups excluding carboxylic acids is 1. The monoisotopic (exact) mass is 256 g/mol. The van der Waals surface area contributed by atoms with E-state index in [4.69, 9.17) is 4.74 Å². The van der Waals surface area contributed by atoms with Gasteiger partial charge >= 0.3 is 5.97 Å². The first kappa shape index (κ1) is 13.6. The maximum Gasteiger partial charge on any atom is 0.306 e. The summed E-state index contributed by atoms with van der Waals surface area (Å²) in [7, 11) is 0. The standard InChI is InChI=1S/C17H20O2/c1-17(2,3)19-16(18)11-9-13-8-10-14-6-4-5-7-15(14)12-13/h4-8,10,12H,9,11H2,1-3H3. The topological polar surface area (TPSA) is 26.3 Å². The molecule has 0 saturated carbocycles. The summed E-state index contributed by atoms with van der Waals surface area (Å²) >= 11 is 0. The summed E-state index contributed by atoms with van der Waals surface area (Å²) in [5.74, 6) is -0.138. The Hall–Kier alpha value is -1.83. The maximum absolute atomic E-state index is 11.7. The highest BCUT2D eigenvalue weighted by Crippen LogP contribution is 2.17. The van der Waals surface area contributed by atoms with Crippen molar-refractivity contribution < 1.29 is 9.53 Å². The molecule has 0 unspecified atom stereocenters. The molecule has 2 aromatic rings. The van der Waals surface area contributed by atoms with Crippen molar-refractivity contribution in [3.05, 3.63) is 48.0 Å². The molecule has 0 aromatic heterocycles. The van der Waals surface area contributed by atoms with E-state index >= 15 is 0 Å². The summed E-state index contributed by atoms with van der Waals surface area (Å²) in [5.41, 5.74) is 0.769. The second-order valence-electron chi connectivity index (χ2n) is 5.77. The molecule has 0 spiro atoms. The summed E-state index contributed by atoms with van der Waals surface area (Å²) in [6, 6.07) is 14.5. The van der Waals surface area contributed by atoms with Gasteiger partial charge in [0.1, 0.15) is 5.60 Å². The Morgan fingerprint density at radius 2 is 1.74 bits per heavy atom. The van der Waals surface area contributed by atoms with Crippen molar-refractivity contribution in [3.63, 3.8) is 0 Å². The minimum Gasteiger partial charge on any atom is -0.460 e. The van der Waals surface area contributed by atoms with Crippen LogP contribution < -0.4 is 0 Å². The first-order valence-electron chi connectivity index (χ1n) is 6.63. The van der Waals surface area contributed by atoms with Gasteiger partial charge in [-0.1, -0.05) is 42.5 Å². The van der Waals surface area contributed by atoms with Crippen molar-refractivity contribution >= 4 is 16.7 Å². The number of rotatable bonds is 3. The summed E-state index contributed by atoms with van der Waals surface area (Å²) in [5, 5.41) is 2.44. The number of fused-ring (bicyclic) bond motifs is 1. The molecule has 0 aliphatic carbocycles. The molecule has 0 bridgehead atoms. The van der Waals surface area contributed by atoms with Crippen LogP contribution in [0.25, 0.3) is 10.8 Å². The molecule has 0 amide bonds. The van der Waals surface area contributed by atoms with Crippen LogP contribution in [0.3, 0.4) is 0 Å². The Kier molecular flexibility index (Phi) is 3.89. The normalized spacial score (nSPS) is 11.5. The first-order chi connectivity index (χ1) is 8.94. The van der Waals surface area contributed by atoms with E-state index in [1.165, 1.54) is 16.3 Å². The fraction of sp³-hybridized carbons (Fsp3) is 0.353. The number of benzene rings is 2. The number of esters is 1. The molecule has 2 rings (SSSR count). The second kappa shape index (κ2) is 5.43. The third-order valence-electron chi connectivity index (χ3n) is 2.85. The smallest absolute Gasteiger partial charge is 0.306 e. The molecule has 0 heterocycles. The third kappa shape index (κ3) is 4.09. The van der Waals surface area contributed by atoms with E-state index in [2.05, 4.69) is 30.3 Å². The van der Waals surface area contributed by atoms with Gasteiger partial charge in [0.2, 0.25) is 0 Å². The second-order valence-corrected chi connectivity index (χ2v) is 5.77. The molecule has 0 radical (unpaired) electrons. The zero-order valence-electron chi connectivity index (χ0n) is 11.8. The van der Waals surface area contributed by atoms with Crippen LogP contribution in [0, 0.1) is 0 Å². The van der Waals surface area contributed by atoms with Gasteiger partial charge in [-0.05, 0) is 43.5 Å². The van der Waals surface area contributed by atoms with Crippen LogP contribution in [0.5, 0.6) is 0 Å². The predicted octanol–water partition coefficient (Wildman–Crippen LogP) is 4.11. The van der Waals surface area contributed by atoms with E-state index in [9.17, 15) is 4.79 Å². The molecule has 19 heavy (non-hydrogen) atoms. The van der Waals surface area contributed by atoms with Crippen LogP contribution >= 0.6 is 0 Å². The highest BCUT2D eigenvalue weighted by molar-refractivity contribution is 5.83. The van der Waals surface area contributed by atoms with Crippen molar-refractivity contribution in [3.8, 4) is 0 Å². The lowest BCUT2D eigenvalue weighted by atomic mass is 10.0. The number of aryl methyl sites for hydroxylation is 1. The van der Waals surface area contributed by atoms with E-state index in [-0.39, 0.29) is 5.97 Å². The Labute approximate surface area is 114 Å². The fourth-order valence-electron chi connectivity index (χ4n) is 2.03. The molecule has 0 fully saturated rings. The molecule has 0 aliphatic heterocycles. The lowest BCUT2D eigenvalue weighted by Gasteiger charge is -2.19. The fourth-order valence-corrected chi connectivity index (χ4v) is 2.03. The summed E-state index contributed by atoms with van der Waals surface area (Å²) < 4.78 is 5.31. The van der Waals surface area contributed by atoms with Crippen LogP contribution in [0.15, 0.2) is 42.5 Å². The van der Waals surface area contributed by atoms with Crippen LogP contribution in [0.2, 0.25) is 0 Å². The van der Waals surface area contributed by atoms with Gasteiger partial charge in [-0.25, -0.2) is 0 Å². The molecule has 0 atom stereocenters. The molecular weight excluding hydrogens is 236 g/mol. The van der Waals surface area contributed by atoms with Crippen LogP contribution in [-0.2, 0) is 16.0 Å². The van der Waals surface area contributed by atoms with Gasteiger partial charge in [-0.2, -0.15) is 0 Å². The molecule has 0 aliphatic rings. The zero-order chi connectivity index (χ0) is 13.9. The van der Waals surface area contributed by atoms with E-state index in [1.807, 2.05) is 32.9 Å². The van der Waals surface area contributed by atoms with E-state index < -0.39 is 5.60 Å². The van der Waals surface area contributed by atoms with Crippen LogP contribution in [-0.4, -0.2) is 11.6 Å². The molecule has 2 aromatic carbocycles. The van der Waals surface area contributed by atoms with Gasteiger partial charge in [-0.15, -0.1) is 0 Å². The highest BCUT2D eigenvalue weighted by Gasteiger charge is 2.15. The van der Waals surface area contributed by atoms with Crippen LogP contribution in [0.1, 0.15) is 32.8 Å². The number of ether oxygens (including phenoxy) is 1. The lowest BCUT2D eigenvalue weighted by molar-refractivity contribution is -0.154. The van der Waals surface area contributed by atoms with Crippen molar-refractivity contribution in [1.82, 2.24) is 0 Å².